The van der Waals surface area contributed by atoms with Crippen molar-refractivity contribution in [3.63, 3.8) is 0 Å². The van der Waals surface area contributed by atoms with E-state index in [0.717, 1.165) is 25.9 Å². The number of aryl methyl sites for hydroxylation is 1. The van der Waals surface area contributed by atoms with Crippen LogP contribution in [0.15, 0.2) is 12.3 Å². The predicted octanol–water partition coefficient (Wildman–Crippen LogP) is 0.285. The van der Waals surface area contributed by atoms with Crippen molar-refractivity contribution in [2.24, 2.45) is 7.05 Å². The van der Waals surface area contributed by atoms with Crippen LogP contribution in [0.25, 0.3) is 0 Å². The summed E-state index contributed by atoms with van der Waals surface area (Å²) < 4.78 is 1.37. The zero-order chi connectivity index (χ0) is 14.7. The molecule has 1 aliphatic heterocycles. The molecule has 0 atom stereocenters. The fourth-order valence-electron chi connectivity index (χ4n) is 2.20. The van der Waals surface area contributed by atoms with Gasteiger partial charge in [-0.3, -0.25) is 19.7 Å². The van der Waals surface area contributed by atoms with E-state index < -0.39 is 10.8 Å². The van der Waals surface area contributed by atoms with Crippen LogP contribution in [0.1, 0.15) is 23.3 Å². The topological polar surface area (TPSA) is 97.5 Å². The van der Waals surface area contributed by atoms with E-state index in [-0.39, 0.29) is 23.8 Å². The Labute approximate surface area is 115 Å². The number of likely N-dealkylation sites (tertiary alicyclic amines) is 1. The van der Waals surface area contributed by atoms with E-state index in [2.05, 4.69) is 5.32 Å². The van der Waals surface area contributed by atoms with Crippen molar-refractivity contribution in [2.45, 2.75) is 12.8 Å². The second kappa shape index (κ2) is 5.72. The third-order valence-electron chi connectivity index (χ3n) is 3.29. The van der Waals surface area contributed by atoms with Crippen LogP contribution < -0.4 is 5.32 Å². The van der Waals surface area contributed by atoms with Crippen LogP contribution in [0.5, 0.6) is 0 Å². The highest BCUT2D eigenvalue weighted by molar-refractivity contribution is 5.95. The smallest absolute Gasteiger partial charge is 0.287 e. The molecule has 20 heavy (non-hydrogen) atoms. The fourth-order valence-corrected chi connectivity index (χ4v) is 2.20. The molecule has 0 bridgehead atoms. The molecular formula is C12H16N4O4. The van der Waals surface area contributed by atoms with Gasteiger partial charge in [0.25, 0.3) is 11.6 Å². The summed E-state index contributed by atoms with van der Waals surface area (Å²) >= 11 is 0. The zero-order valence-electron chi connectivity index (χ0n) is 11.2. The summed E-state index contributed by atoms with van der Waals surface area (Å²) in [6.07, 6.45) is 3.24. The Balaban J connectivity index is 1.94. The van der Waals surface area contributed by atoms with Gasteiger partial charge in [-0.05, 0) is 12.8 Å². The number of nitrogens with zero attached hydrogens (tertiary/aromatic N) is 3. The van der Waals surface area contributed by atoms with Crippen molar-refractivity contribution in [3.05, 3.63) is 28.1 Å². The lowest BCUT2D eigenvalue weighted by Gasteiger charge is -2.15. The molecule has 1 aromatic heterocycles. The molecule has 1 N–H and O–H groups in total. The maximum Gasteiger partial charge on any atom is 0.287 e. The normalized spacial score (nSPS) is 14.3. The number of carbonyl (C=O) groups excluding carboxylic acids is 2. The van der Waals surface area contributed by atoms with Crippen LogP contribution in [0.2, 0.25) is 0 Å². The van der Waals surface area contributed by atoms with Crippen LogP contribution in [0.4, 0.5) is 5.69 Å². The lowest BCUT2D eigenvalue weighted by atomic mass is 10.3. The number of nitro groups is 1. The van der Waals surface area contributed by atoms with Gasteiger partial charge in [-0.15, -0.1) is 0 Å². The van der Waals surface area contributed by atoms with Gasteiger partial charge in [-0.1, -0.05) is 0 Å². The highest BCUT2D eigenvalue weighted by atomic mass is 16.6. The van der Waals surface area contributed by atoms with Gasteiger partial charge in [0, 0.05) is 26.2 Å². The molecule has 0 aliphatic carbocycles. The Kier molecular flexibility index (Phi) is 4.02. The number of carbonyl (C=O) groups is 2. The lowest BCUT2D eigenvalue weighted by Crippen LogP contribution is -2.39. The van der Waals surface area contributed by atoms with E-state index in [1.54, 1.807) is 11.9 Å². The average Bonchev–Trinajstić information content (AvgIpc) is 3.04. The Morgan fingerprint density at radius 3 is 2.60 bits per heavy atom. The minimum atomic E-state index is -0.563. The maximum atomic E-state index is 11.9. The summed E-state index contributed by atoms with van der Waals surface area (Å²) in [5.74, 6) is -0.618. The zero-order valence-corrected chi connectivity index (χ0v) is 11.2. The molecule has 2 amide bonds. The fraction of sp³-hybridized carbons (Fsp3) is 0.500. The first kappa shape index (κ1) is 14.0. The first-order valence-electron chi connectivity index (χ1n) is 6.36. The van der Waals surface area contributed by atoms with E-state index in [0.29, 0.717) is 0 Å². The highest BCUT2D eigenvalue weighted by Crippen LogP contribution is 2.15. The molecule has 0 spiro atoms. The SMILES string of the molecule is Cn1cc([N+](=O)[O-])cc1C(=O)NCC(=O)N1CCCC1. The molecule has 8 heteroatoms. The summed E-state index contributed by atoms with van der Waals surface area (Å²) in [4.78, 5) is 35.4. The van der Waals surface area contributed by atoms with E-state index in [9.17, 15) is 19.7 Å². The molecule has 0 saturated carbocycles. The Hall–Kier alpha value is -2.38. The Morgan fingerprint density at radius 2 is 2.05 bits per heavy atom. The van der Waals surface area contributed by atoms with Gasteiger partial charge < -0.3 is 14.8 Å². The number of hydrogen-bond donors (Lipinski definition) is 1. The molecule has 0 aromatic carbocycles. The first-order valence-corrected chi connectivity index (χ1v) is 6.36. The predicted molar refractivity (Wildman–Crippen MR) is 70.2 cm³/mol. The maximum absolute atomic E-state index is 11.9. The first-order chi connectivity index (χ1) is 9.49. The second-order valence-corrected chi connectivity index (χ2v) is 4.72. The van der Waals surface area contributed by atoms with Gasteiger partial charge in [0.05, 0.1) is 17.7 Å². The molecule has 0 radical (unpaired) electrons. The van der Waals surface area contributed by atoms with E-state index in [1.165, 1.54) is 16.8 Å². The summed E-state index contributed by atoms with van der Waals surface area (Å²) in [6, 6.07) is 1.19. The molecular weight excluding hydrogens is 264 g/mol. The minimum absolute atomic E-state index is 0.0855. The Bertz CT molecular complexity index is 546. The molecule has 2 heterocycles. The summed E-state index contributed by atoms with van der Waals surface area (Å²) in [5, 5.41) is 13.1. The minimum Gasteiger partial charge on any atom is -0.342 e. The van der Waals surface area contributed by atoms with Gasteiger partial charge in [0.2, 0.25) is 5.91 Å². The van der Waals surface area contributed by atoms with Crippen LogP contribution in [-0.2, 0) is 11.8 Å². The third kappa shape index (κ3) is 2.95. The molecule has 0 unspecified atom stereocenters. The van der Waals surface area contributed by atoms with Gasteiger partial charge in [-0.2, -0.15) is 0 Å². The average molecular weight is 280 g/mol. The van der Waals surface area contributed by atoms with Crippen LogP contribution in [-0.4, -0.2) is 45.8 Å². The van der Waals surface area contributed by atoms with E-state index >= 15 is 0 Å². The van der Waals surface area contributed by atoms with Gasteiger partial charge >= 0.3 is 0 Å². The van der Waals surface area contributed by atoms with E-state index in [4.69, 9.17) is 0 Å². The van der Waals surface area contributed by atoms with E-state index in [1.807, 2.05) is 0 Å². The molecule has 2 rings (SSSR count). The van der Waals surface area contributed by atoms with Crippen LogP contribution >= 0.6 is 0 Å². The van der Waals surface area contributed by atoms with Gasteiger partial charge in [0.15, 0.2) is 0 Å². The molecule has 8 nitrogen and oxygen atoms in total. The number of nitrogens with one attached hydrogen (secondary N) is 1. The third-order valence-corrected chi connectivity index (χ3v) is 3.29. The standard InChI is InChI=1S/C12H16N4O4/c1-14-8-9(16(19)20)6-10(14)12(18)13-7-11(17)15-4-2-3-5-15/h6,8H,2-5,7H2,1H3,(H,13,18). The lowest BCUT2D eigenvalue weighted by molar-refractivity contribution is -0.384. The van der Waals surface area contributed by atoms with Crippen molar-refractivity contribution in [1.82, 2.24) is 14.8 Å². The van der Waals surface area contributed by atoms with Crippen molar-refractivity contribution in [2.75, 3.05) is 19.6 Å². The second-order valence-electron chi connectivity index (χ2n) is 4.72. The number of hydrogen-bond acceptors (Lipinski definition) is 4. The monoisotopic (exact) mass is 280 g/mol. The highest BCUT2D eigenvalue weighted by Gasteiger charge is 2.21. The quantitative estimate of drug-likeness (QED) is 0.633. The molecule has 1 fully saturated rings. The Morgan fingerprint density at radius 1 is 1.40 bits per heavy atom. The van der Waals surface area contributed by atoms with Crippen LogP contribution in [0, 0.1) is 10.1 Å². The molecule has 1 aromatic rings. The summed E-state index contributed by atoms with van der Waals surface area (Å²) in [7, 11) is 1.55. The van der Waals surface area contributed by atoms with Crippen molar-refractivity contribution < 1.29 is 14.5 Å². The van der Waals surface area contributed by atoms with Crippen LogP contribution in [0.3, 0.4) is 0 Å². The largest absolute Gasteiger partial charge is 0.342 e. The number of amides is 2. The van der Waals surface area contributed by atoms with Crippen molar-refractivity contribution in [1.29, 1.82) is 0 Å². The van der Waals surface area contributed by atoms with Crippen molar-refractivity contribution >= 4 is 17.5 Å². The molecule has 1 aliphatic rings. The number of rotatable bonds is 4. The van der Waals surface area contributed by atoms with Gasteiger partial charge in [-0.25, -0.2) is 0 Å². The summed E-state index contributed by atoms with van der Waals surface area (Å²) in [5.41, 5.74) is 0.00874. The number of aromatic nitrogens is 1. The molecule has 1 saturated heterocycles. The molecule has 108 valence electrons. The van der Waals surface area contributed by atoms with Gasteiger partial charge in [0.1, 0.15) is 5.69 Å². The summed E-state index contributed by atoms with van der Waals surface area (Å²) in [6.45, 7) is 1.37. The van der Waals surface area contributed by atoms with Crippen molar-refractivity contribution in [3.8, 4) is 0 Å².